The average molecular weight is 342 g/mol. The minimum Gasteiger partial charge on any atom is -0.377 e. The van der Waals surface area contributed by atoms with Crippen LogP contribution in [0.1, 0.15) is 19.4 Å². The third-order valence-electron chi connectivity index (χ3n) is 4.00. The van der Waals surface area contributed by atoms with Crippen LogP contribution < -0.4 is 4.90 Å². The number of nitrogens with zero attached hydrogens (tertiary/aromatic N) is 3. The highest BCUT2D eigenvalue weighted by Crippen LogP contribution is 2.34. The van der Waals surface area contributed by atoms with Crippen LogP contribution in [0.25, 0.3) is 0 Å². The van der Waals surface area contributed by atoms with Gasteiger partial charge in [0.15, 0.2) is 0 Å². The standard InChI is InChI=1S/C16H24ClN3O3/c1-12(2)23-9-8-18-4-6-19(7-5-18)16-13(3)10-14(20(21)22)11-15(16)17/h10-12H,4-9H2,1-3H3. The van der Waals surface area contributed by atoms with Gasteiger partial charge < -0.3 is 9.64 Å². The van der Waals surface area contributed by atoms with E-state index < -0.39 is 4.92 Å². The highest BCUT2D eigenvalue weighted by molar-refractivity contribution is 6.33. The fourth-order valence-electron chi connectivity index (χ4n) is 2.84. The first-order valence-electron chi connectivity index (χ1n) is 7.92. The number of hydrogen-bond donors (Lipinski definition) is 0. The lowest BCUT2D eigenvalue weighted by Crippen LogP contribution is -2.47. The van der Waals surface area contributed by atoms with Gasteiger partial charge >= 0.3 is 0 Å². The molecule has 0 N–H and O–H groups in total. The summed E-state index contributed by atoms with van der Waals surface area (Å²) in [6, 6.07) is 3.02. The number of rotatable bonds is 6. The average Bonchev–Trinajstić information content (AvgIpc) is 2.47. The SMILES string of the molecule is Cc1cc([N+](=O)[O-])cc(Cl)c1N1CCN(CCOC(C)C)CC1. The predicted octanol–water partition coefficient (Wildman–Crippen LogP) is 3.10. The molecule has 1 heterocycles. The molecule has 23 heavy (non-hydrogen) atoms. The van der Waals surface area contributed by atoms with Crippen molar-refractivity contribution in [2.24, 2.45) is 0 Å². The summed E-state index contributed by atoms with van der Waals surface area (Å²) in [4.78, 5) is 15.1. The summed E-state index contributed by atoms with van der Waals surface area (Å²) in [5.41, 5.74) is 1.80. The van der Waals surface area contributed by atoms with Crippen molar-refractivity contribution < 1.29 is 9.66 Å². The minimum atomic E-state index is -0.407. The molecule has 0 atom stereocenters. The molecular formula is C16H24ClN3O3. The number of hydrogen-bond acceptors (Lipinski definition) is 5. The molecular weight excluding hydrogens is 318 g/mol. The Morgan fingerprint density at radius 2 is 1.96 bits per heavy atom. The lowest BCUT2D eigenvalue weighted by atomic mass is 10.1. The van der Waals surface area contributed by atoms with Gasteiger partial charge in [0.05, 0.1) is 28.3 Å². The Hall–Kier alpha value is -1.37. The monoisotopic (exact) mass is 341 g/mol. The maximum atomic E-state index is 10.9. The third-order valence-corrected chi connectivity index (χ3v) is 4.28. The predicted molar refractivity (Wildman–Crippen MR) is 92.6 cm³/mol. The molecule has 0 saturated carbocycles. The van der Waals surface area contributed by atoms with Gasteiger partial charge in [0.1, 0.15) is 0 Å². The smallest absolute Gasteiger partial charge is 0.271 e. The van der Waals surface area contributed by atoms with Crippen LogP contribution in [0, 0.1) is 17.0 Å². The molecule has 0 spiro atoms. The zero-order chi connectivity index (χ0) is 17.0. The summed E-state index contributed by atoms with van der Waals surface area (Å²) in [5.74, 6) is 0. The zero-order valence-electron chi connectivity index (χ0n) is 13.9. The number of nitro groups is 1. The quantitative estimate of drug-likeness (QED) is 0.587. The molecule has 128 valence electrons. The first-order chi connectivity index (χ1) is 10.9. The molecule has 0 amide bonds. The zero-order valence-corrected chi connectivity index (χ0v) is 14.7. The van der Waals surface area contributed by atoms with Gasteiger partial charge in [0.25, 0.3) is 5.69 Å². The van der Waals surface area contributed by atoms with Crippen molar-refractivity contribution in [3.8, 4) is 0 Å². The van der Waals surface area contributed by atoms with Crippen molar-refractivity contribution >= 4 is 23.0 Å². The largest absolute Gasteiger partial charge is 0.377 e. The number of piperazine rings is 1. The van der Waals surface area contributed by atoms with Crippen LogP contribution in [-0.2, 0) is 4.74 Å². The number of halogens is 1. The van der Waals surface area contributed by atoms with E-state index in [9.17, 15) is 10.1 Å². The van der Waals surface area contributed by atoms with Crippen LogP contribution in [0.4, 0.5) is 11.4 Å². The van der Waals surface area contributed by atoms with Crippen LogP contribution in [-0.4, -0.2) is 55.3 Å². The molecule has 2 rings (SSSR count). The summed E-state index contributed by atoms with van der Waals surface area (Å²) in [5, 5.41) is 11.4. The van der Waals surface area contributed by atoms with Crippen molar-refractivity contribution in [3.63, 3.8) is 0 Å². The second kappa shape index (κ2) is 7.95. The van der Waals surface area contributed by atoms with E-state index in [1.807, 2.05) is 20.8 Å². The third kappa shape index (κ3) is 4.80. The van der Waals surface area contributed by atoms with Gasteiger partial charge in [-0.05, 0) is 26.3 Å². The van der Waals surface area contributed by atoms with E-state index in [0.29, 0.717) is 5.02 Å². The Kier molecular flexibility index (Phi) is 6.21. The van der Waals surface area contributed by atoms with Gasteiger partial charge in [0, 0.05) is 44.9 Å². The molecule has 1 aromatic rings. The second-order valence-electron chi connectivity index (χ2n) is 6.10. The number of non-ortho nitro benzene ring substituents is 1. The lowest BCUT2D eigenvalue weighted by Gasteiger charge is -2.37. The van der Waals surface area contributed by atoms with Gasteiger partial charge in [-0.15, -0.1) is 0 Å². The van der Waals surface area contributed by atoms with Crippen molar-refractivity contribution in [2.75, 3.05) is 44.2 Å². The first kappa shape index (κ1) is 18.0. The van der Waals surface area contributed by atoms with Gasteiger partial charge in [-0.2, -0.15) is 0 Å². The second-order valence-corrected chi connectivity index (χ2v) is 6.51. The molecule has 1 aliphatic heterocycles. The van der Waals surface area contributed by atoms with E-state index in [-0.39, 0.29) is 11.8 Å². The van der Waals surface area contributed by atoms with Crippen LogP contribution in [0.15, 0.2) is 12.1 Å². The molecule has 0 unspecified atom stereocenters. The maximum absolute atomic E-state index is 10.9. The van der Waals surface area contributed by atoms with Crippen molar-refractivity contribution in [1.82, 2.24) is 4.90 Å². The number of nitro benzene ring substituents is 1. The van der Waals surface area contributed by atoms with Crippen molar-refractivity contribution in [3.05, 3.63) is 32.8 Å². The van der Waals surface area contributed by atoms with E-state index in [0.717, 1.165) is 50.6 Å². The van der Waals surface area contributed by atoms with E-state index in [1.165, 1.54) is 6.07 Å². The summed E-state index contributed by atoms with van der Waals surface area (Å²) in [6.45, 7) is 11.2. The van der Waals surface area contributed by atoms with Gasteiger partial charge in [-0.25, -0.2) is 0 Å². The molecule has 6 nitrogen and oxygen atoms in total. The normalized spacial score (nSPS) is 16.1. The maximum Gasteiger partial charge on any atom is 0.271 e. The fourth-order valence-corrected chi connectivity index (χ4v) is 3.22. The van der Waals surface area contributed by atoms with Crippen molar-refractivity contribution in [2.45, 2.75) is 26.9 Å². The summed E-state index contributed by atoms with van der Waals surface area (Å²) >= 11 is 6.29. The van der Waals surface area contributed by atoms with Crippen LogP contribution in [0.2, 0.25) is 5.02 Å². The van der Waals surface area contributed by atoms with E-state index in [4.69, 9.17) is 16.3 Å². The Bertz CT molecular complexity index is 534. The minimum absolute atomic E-state index is 0.0423. The summed E-state index contributed by atoms with van der Waals surface area (Å²) in [6.07, 6.45) is 0.262. The molecule has 0 radical (unpaired) electrons. The Balaban J connectivity index is 1.96. The van der Waals surface area contributed by atoms with Crippen LogP contribution in [0.3, 0.4) is 0 Å². The molecule has 0 aliphatic carbocycles. The molecule has 1 aromatic carbocycles. The van der Waals surface area contributed by atoms with E-state index in [2.05, 4.69) is 9.80 Å². The van der Waals surface area contributed by atoms with Crippen molar-refractivity contribution in [1.29, 1.82) is 0 Å². The first-order valence-corrected chi connectivity index (χ1v) is 8.29. The van der Waals surface area contributed by atoms with Crippen LogP contribution >= 0.6 is 11.6 Å². The number of benzene rings is 1. The number of anilines is 1. The van der Waals surface area contributed by atoms with E-state index in [1.54, 1.807) is 6.07 Å². The van der Waals surface area contributed by atoms with Gasteiger partial charge in [0.2, 0.25) is 0 Å². The van der Waals surface area contributed by atoms with Gasteiger partial charge in [-0.1, -0.05) is 11.6 Å². The van der Waals surface area contributed by atoms with Crippen LogP contribution in [0.5, 0.6) is 0 Å². The highest BCUT2D eigenvalue weighted by atomic mass is 35.5. The molecule has 0 aromatic heterocycles. The Labute approximate surface area is 142 Å². The summed E-state index contributed by atoms with van der Waals surface area (Å²) < 4.78 is 5.59. The molecule has 7 heteroatoms. The Morgan fingerprint density at radius 1 is 1.30 bits per heavy atom. The van der Waals surface area contributed by atoms with E-state index >= 15 is 0 Å². The highest BCUT2D eigenvalue weighted by Gasteiger charge is 2.22. The fraction of sp³-hybridized carbons (Fsp3) is 0.625. The summed E-state index contributed by atoms with van der Waals surface area (Å²) in [7, 11) is 0. The molecule has 1 aliphatic rings. The topological polar surface area (TPSA) is 58.9 Å². The lowest BCUT2D eigenvalue weighted by molar-refractivity contribution is -0.384. The number of ether oxygens (including phenoxy) is 1. The van der Waals surface area contributed by atoms with Gasteiger partial charge in [-0.3, -0.25) is 15.0 Å². The number of aryl methyl sites for hydroxylation is 1. The molecule has 1 saturated heterocycles. The molecule has 0 bridgehead atoms. The Morgan fingerprint density at radius 3 is 2.48 bits per heavy atom. The molecule has 1 fully saturated rings.